The van der Waals surface area contributed by atoms with Crippen molar-refractivity contribution >= 4 is 12.7 Å². The first-order valence-electron chi connectivity index (χ1n) is 12.9. The Hall–Kier alpha value is -0.940. The zero-order valence-electron chi connectivity index (χ0n) is 22.2. The van der Waals surface area contributed by atoms with Gasteiger partial charge in [-0.1, -0.05) is 19.3 Å². The molecule has 32 heavy (non-hydrogen) atoms. The van der Waals surface area contributed by atoms with Gasteiger partial charge in [0.05, 0.1) is 0 Å². The van der Waals surface area contributed by atoms with E-state index >= 15 is 0 Å². The second kappa shape index (κ2) is 10.5. The fraction of sp³-hybridized carbons (Fsp3) is 0.926. The number of nitrogens with zero attached hydrogens (tertiary/aromatic N) is 1. The first-order chi connectivity index (χ1) is 14.7. The molecule has 0 aromatic heterocycles. The number of nitrogens with one attached hydrogen (secondary N) is 2. The minimum Gasteiger partial charge on any atom is -0.342 e. The molecule has 0 bridgehead atoms. The molecule has 2 heterocycles. The van der Waals surface area contributed by atoms with Crippen molar-refractivity contribution in [3.63, 3.8) is 0 Å². The van der Waals surface area contributed by atoms with Gasteiger partial charge in [-0.05, 0) is 99.8 Å². The third-order valence-electron chi connectivity index (χ3n) is 7.48. The van der Waals surface area contributed by atoms with E-state index in [0.717, 1.165) is 70.7 Å². The van der Waals surface area contributed by atoms with Crippen LogP contribution in [0.1, 0.15) is 113 Å². The van der Waals surface area contributed by atoms with Crippen LogP contribution in [0.3, 0.4) is 0 Å². The summed E-state index contributed by atoms with van der Waals surface area (Å²) in [5.41, 5.74) is 0.276. The Morgan fingerprint density at radius 1 is 0.750 bits per heavy atom. The van der Waals surface area contributed by atoms with Crippen molar-refractivity contribution in [1.29, 1.82) is 0 Å². The van der Waals surface area contributed by atoms with Gasteiger partial charge in [0.25, 0.3) is 0 Å². The Kier molecular flexibility index (Phi) is 9.00. The number of hydrogen-bond donors (Lipinski definition) is 2. The largest absolute Gasteiger partial charge is 0.342 e. The van der Waals surface area contributed by atoms with Crippen molar-refractivity contribution in [1.82, 2.24) is 15.5 Å². The van der Waals surface area contributed by atoms with Crippen LogP contribution < -0.4 is 10.6 Å². The molecule has 5 nitrogen and oxygen atoms in total. The lowest BCUT2D eigenvalue weighted by Gasteiger charge is -2.49. The van der Waals surface area contributed by atoms with E-state index in [-0.39, 0.29) is 28.1 Å². The zero-order valence-corrected chi connectivity index (χ0v) is 22.2. The van der Waals surface area contributed by atoms with E-state index in [1.54, 1.807) is 0 Å². The first kappa shape index (κ1) is 27.3. The highest BCUT2D eigenvalue weighted by atomic mass is 16.1. The predicted octanol–water partition coefficient (Wildman–Crippen LogP) is 5.08. The van der Waals surface area contributed by atoms with E-state index in [4.69, 9.17) is 0 Å². The Labute approximate surface area is 197 Å². The highest BCUT2D eigenvalue weighted by molar-refractivity contribution is 5.54. The lowest BCUT2D eigenvalue weighted by molar-refractivity contribution is -0.122. The Balaban J connectivity index is 1.74. The van der Waals surface area contributed by atoms with Crippen LogP contribution in [0.2, 0.25) is 0 Å². The number of rotatable bonds is 11. The van der Waals surface area contributed by atoms with Gasteiger partial charge in [-0.15, -0.1) is 0 Å². The van der Waals surface area contributed by atoms with Gasteiger partial charge in [0.1, 0.15) is 6.29 Å². The molecule has 0 aromatic rings. The molecule has 0 radical (unpaired) electrons. The average Bonchev–Trinajstić information content (AvgIpc) is 2.58. The van der Waals surface area contributed by atoms with Crippen molar-refractivity contribution in [2.24, 2.45) is 11.8 Å². The standard InChI is InChI=1S/C27H51N3O2/c1-24(2)15-22(16-25(3,4)28-24)21(19-31)13-11-9-10-12-14-30(20-32)23-17-26(5,6)29-27(7,8)18-23/h19-23,28-29H,9-18H2,1-8H3. The van der Waals surface area contributed by atoms with Gasteiger partial charge in [0, 0.05) is 40.7 Å². The van der Waals surface area contributed by atoms with E-state index in [1.807, 2.05) is 4.90 Å². The van der Waals surface area contributed by atoms with Crippen LogP contribution in [0.5, 0.6) is 0 Å². The van der Waals surface area contributed by atoms with Crippen LogP contribution in [0.15, 0.2) is 0 Å². The van der Waals surface area contributed by atoms with Crippen LogP contribution in [-0.2, 0) is 9.59 Å². The molecule has 0 aliphatic carbocycles. The highest BCUT2D eigenvalue weighted by Crippen LogP contribution is 2.38. The second-order valence-corrected chi connectivity index (χ2v) is 13.4. The topological polar surface area (TPSA) is 61.4 Å². The van der Waals surface area contributed by atoms with E-state index in [1.165, 1.54) is 6.29 Å². The summed E-state index contributed by atoms with van der Waals surface area (Å²) in [4.78, 5) is 25.7. The van der Waals surface area contributed by atoms with E-state index in [0.29, 0.717) is 12.0 Å². The van der Waals surface area contributed by atoms with Gasteiger partial charge in [0.2, 0.25) is 6.41 Å². The molecule has 2 saturated heterocycles. The fourth-order valence-electron chi connectivity index (χ4n) is 6.97. The fourth-order valence-corrected chi connectivity index (χ4v) is 6.97. The van der Waals surface area contributed by atoms with Gasteiger partial charge in [-0.2, -0.15) is 0 Å². The predicted molar refractivity (Wildman–Crippen MR) is 134 cm³/mol. The highest BCUT2D eigenvalue weighted by Gasteiger charge is 2.41. The van der Waals surface area contributed by atoms with E-state index in [9.17, 15) is 9.59 Å². The lowest BCUT2D eigenvalue weighted by Crippen LogP contribution is -2.62. The molecule has 2 fully saturated rings. The van der Waals surface area contributed by atoms with E-state index in [2.05, 4.69) is 66.0 Å². The van der Waals surface area contributed by atoms with Crippen LogP contribution in [0.25, 0.3) is 0 Å². The maximum Gasteiger partial charge on any atom is 0.209 e. The van der Waals surface area contributed by atoms with Gasteiger partial charge in [-0.3, -0.25) is 4.79 Å². The van der Waals surface area contributed by atoms with Crippen LogP contribution in [0.4, 0.5) is 0 Å². The first-order valence-corrected chi connectivity index (χ1v) is 12.9. The molecule has 2 rings (SSSR count). The molecule has 2 aliphatic heterocycles. The third-order valence-corrected chi connectivity index (χ3v) is 7.48. The normalized spacial score (nSPS) is 25.8. The molecular weight excluding hydrogens is 398 g/mol. The summed E-state index contributed by atoms with van der Waals surface area (Å²) in [5, 5.41) is 7.43. The van der Waals surface area contributed by atoms with Crippen molar-refractivity contribution in [2.75, 3.05) is 6.54 Å². The number of piperidine rings is 2. The summed E-state index contributed by atoms with van der Waals surface area (Å²) in [7, 11) is 0. The summed E-state index contributed by atoms with van der Waals surface area (Å²) >= 11 is 0. The maximum atomic E-state index is 11.9. The number of hydrogen-bond acceptors (Lipinski definition) is 4. The molecule has 0 saturated carbocycles. The molecule has 0 aromatic carbocycles. The molecule has 5 heteroatoms. The number of carbonyl (C=O) groups is 2. The van der Waals surface area contributed by atoms with Crippen molar-refractivity contribution in [3.05, 3.63) is 0 Å². The van der Waals surface area contributed by atoms with Crippen molar-refractivity contribution in [3.8, 4) is 0 Å². The smallest absolute Gasteiger partial charge is 0.209 e. The number of unbranched alkanes of at least 4 members (excludes halogenated alkanes) is 3. The summed E-state index contributed by atoms with van der Waals surface area (Å²) in [6, 6.07) is 0.310. The SMILES string of the molecule is CC1(C)CC(C(C=O)CCCCCCN(C=O)C2CC(C)(C)NC(C)(C)C2)CC(C)(C)N1. The quantitative estimate of drug-likeness (QED) is 0.341. The van der Waals surface area contributed by atoms with Gasteiger partial charge < -0.3 is 20.3 Å². The lowest BCUT2D eigenvalue weighted by atomic mass is 9.70. The molecule has 1 unspecified atom stereocenters. The zero-order chi connectivity index (χ0) is 24.2. The molecule has 2 aliphatic rings. The number of amides is 1. The Morgan fingerprint density at radius 2 is 1.22 bits per heavy atom. The van der Waals surface area contributed by atoms with Crippen LogP contribution in [0, 0.1) is 11.8 Å². The Morgan fingerprint density at radius 3 is 1.69 bits per heavy atom. The van der Waals surface area contributed by atoms with Gasteiger partial charge in [-0.25, -0.2) is 0 Å². The molecular formula is C27H51N3O2. The molecule has 1 amide bonds. The molecule has 186 valence electrons. The van der Waals surface area contributed by atoms with Gasteiger partial charge >= 0.3 is 0 Å². The second-order valence-electron chi connectivity index (χ2n) is 13.4. The average molecular weight is 450 g/mol. The van der Waals surface area contributed by atoms with Crippen LogP contribution in [-0.4, -0.2) is 52.3 Å². The van der Waals surface area contributed by atoms with E-state index < -0.39 is 0 Å². The van der Waals surface area contributed by atoms with Crippen molar-refractivity contribution in [2.45, 2.75) is 141 Å². The van der Waals surface area contributed by atoms with Gasteiger partial charge in [0.15, 0.2) is 0 Å². The minimum absolute atomic E-state index is 0.0509. The maximum absolute atomic E-state index is 11.9. The molecule has 0 spiro atoms. The Bertz CT molecular complexity index is 540. The van der Waals surface area contributed by atoms with Crippen molar-refractivity contribution < 1.29 is 9.59 Å². The monoisotopic (exact) mass is 449 g/mol. The summed E-state index contributed by atoms with van der Waals surface area (Å²) < 4.78 is 0. The summed E-state index contributed by atoms with van der Waals surface area (Å²) in [5.74, 6) is 0.636. The third kappa shape index (κ3) is 8.44. The minimum atomic E-state index is 0.0509. The van der Waals surface area contributed by atoms with Crippen LogP contribution >= 0.6 is 0 Å². The summed E-state index contributed by atoms with van der Waals surface area (Å²) in [6.45, 7) is 18.8. The summed E-state index contributed by atoms with van der Waals surface area (Å²) in [6.07, 6.45) is 11.8. The molecule has 2 N–H and O–H groups in total. The molecule has 1 atom stereocenters. The number of aldehydes is 1. The number of carbonyl (C=O) groups excluding carboxylic acids is 2.